The molecule has 0 aliphatic rings. The van der Waals surface area contributed by atoms with Crippen molar-refractivity contribution in [3.63, 3.8) is 0 Å². The largest absolute Gasteiger partial charge is 0.465 e. The molecule has 1 N–H and O–H groups in total. The standard InChI is InChI=1S/C29H26N4O4.Na/c1-3-36-28-30-19(2)25(17-20-9-5-4-6-10-20)27(34)33(28)18-21-13-15-22(16-14-21)23-11-7-8-12-24(23)26-31-29(35)37-32-26;/h4-16H,3,17-18H2,1-2H3,(H,31,32,35);. The van der Waals surface area contributed by atoms with Crippen molar-refractivity contribution in [1.29, 1.82) is 0 Å². The van der Waals surface area contributed by atoms with Gasteiger partial charge >= 0.3 is 5.76 Å². The minimum atomic E-state index is -0.603. The van der Waals surface area contributed by atoms with Crippen LogP contribution in [0.3, 0.4) is 0 Å². The maximum Gasteiger partial charge on any atom is 0.439 e. The molecule has 9 heteroatoms. The van der Waals surface area contributed by atoms with E-state index in [0.29, 0.717) is 42.7 Å². The van der Waals surface area contributed by atoms with Crippen molar-refractivity contribution in [3.8, 4) is 28.5 Å². The molecule has 0 spiro atoms. The van der Waals surface area contributed by atoms with Crippen LogP contribution in [0.4, 0.5) is 0 Å². The van der Waals surface area contributed by atoms with E-state index in [1.54, 1.807) is 4.57 Å². The Kier molecular flexibility index (Phi) is 8.78. The Balaban J connectivity index is 0.00000336. The van der Waals surface area contributed by atoms with Gasteiger partial charge < -0.3 is 4.74 Å². The number of aryl methyl sites for hydroxylation is 1. The van der Waals surface area contributed by atoms with Crippen molar-refractivity contribution >= 4 is 29.6 Å². The van der Waals surface area contributed by atoms with E-state index in [9.17, 15) is 9.59 Å². The summed E-state index contributed by atoms with van der Waals surface area (Å²) in [6, 6.07) is 25.7. The number of H-pyrrole nitrogens is 1. The van der Waals surface area contributed by atoms with Gasteiger partial charge in [-0.3, -0.25) is 18.9 Å². The number of hydrogen-bond donors (Lipinski definition) is 1. The van der Waals surface area contributed by atoms with Crippen LogP contribution in [0.2, 0.25) is 0 Å². The topological polar surface area (TPSA) is 103 Å². The Morgan fingerprint density at radius 3 is 2.24 bits per heavy atom. The van der Waals surface area contributed by atoms with Gasteiger partial charge in [0.05, 0.1) is 18.8 Å². The molecule has 187 valence electrons. The van der Waals surface area contributed by atoms with Crippen molar-refractivity contribution in [2.45, 2.75) is 26.8 Å². The monoisotopic (exact) mass is 517 g/mol. The van der Waals surface area contributed by atoms with E-state index in [4.69, 9.17) is 4.74 Å². The third-order valence-corrected chi connectivity index (χ3v) is 6.16. The predicted octanol–water partition coefficient (Wildman–Crippen LogP) is 4.22. The number of rotatable bonds is 8. The molecule has 8 nitrogen and oxygen atoms in total. The Morgan fingerprint density at radius 2 is 1.58 bits per heavy atom. The number of benzene rings is 3. The molecule has 5 aromatic rings. The minimum Gasteiger partial charge on any atom is -0.465 e. The van der Waals surface area contributed by atoms with Crippen molar-refractivity contribution in [2.24, 2.45) is 0 Å². The molecule has 38 heavy (non-hydrogen) atoms. The van der Waals surface area contributed by atoms with Crippen molar-refractivity contribution < 1.29 is 9.26 Å². The first kappa shape index (κ1) is 27.3. The van der Waals surface area contributed by atoms with Gasteiger partial charge in [0.25, 0.3) is 11.6 Å². The molecule has 0 aliphatic heterocycles. The van der Waals surface area contributed by atoms with Crippen LogP contribution >= 0.6 is 0 Å². The van der Waals surface area contributed by atoms with Gasteiger partial charge in [-0.15, -0.1) is 0 Å². The summed E-state index contributed by atoms with van der Waals surface area (Å²) < 4.78 is 12.0. The molecule has 5 rings (SSSR count). The fourth-order valence-electron chi connectivity index (χ4n) is 4.32. The van der Waals surface area contributed by atoms with Crippen LogP contribution in [-0.2, 0) is 13.0 Å². The second-order valence-corrected chi connectivity index (χ2v) is 8.63. The van der Waals surface area contributed by atoms with Gasteiger partial charge in [0.2, 0.25) is 0 Å². The Hall–Kier alpha value is -3.72. The first-order valence-electron chi connectivity index (χ1n) is 12.0. The molecule has 0 saturated carbocycles. The van der Waals surface area contributed by atoms with Crippen molar-refractivity contribution in [1.82, 2.24) is 19.7 Å². The third-order valence-electron chi connectivity index (χ3n) is 6.16. The zero-order chi connectivity index (χ0) is 25.8. The van der Waals surface area contributed by atoms with Crippen LogP contribution in [0, 0.1) is 6.92 Å². The summed E-state index contributed by atoms with van der Waals surface area (Å²) in [6.45, 7) is 4.45. The minimum absolute atomic E-state index is 0. The maximum atomic E-state index is 13.6. The smallest absolute Gasteiger partial charge is 0.439 e. The Morgan fingerprint density at radius 1 is 0.895 bits per heavy atom. The van der Waals surface area contributed by atoms with Crippen LogP contribution in [0.1, 0.15) is 29.3 Å². The number of aromatic amines is 1. The van der Waals surface area contributed by atoms with E-state index in [2.05, 4.69) is 19.6 Å². The summed E-state index contributed by atoms with van der Waals surface area (Å²) in [5, 5.41) is 3.83. The van der Waals surface area contributed by atoms with E-state index in [1.165, 1.54) is 0 Å². The SMILES string of the molecule is CCOc1nc(C)c(Cc2ccccc2)c(=O)n1Cc1ccc(-c2ccccc2-c2noc(=O)[nH]2)cc1.[Na]. The van der Waals surface area contributed by atoms with Crippen molar-refractivity contribution in [3.05, 3.63) is 122 Å². The zero-order valence-electron chi connectivity index (χ0n) is 21.6. The molecule has 0 bridgehead atoms. The second-order valence-electron chi connectivity index (χ2n) is 8.63. The fraction of sp³-hybridized carbons (Fsp3) is 0.172. The molecule has 0 saturated heterocycles. The number of aromatic nitrogens is 4. The quantitative estimate of drug-likeness (QED) is 0.309. The van der Waals surface area contributed by atoms with Gasteiger partial charge in [-0.05, 0) is 36.1 Å². The van der Waals surface area contributed by atoms with Gasteiger partial charge in [0, 0.05) is 47.1 Å². The molecule has 0 unspecified atom stereocenters. The molecule has 2 heterocycles. The average molecular weight is 518 g/mol. The molecule has 0 atom stereocenters. The number of ether oxygens (including phenoxy) is 1. The summed E-state index contributed by atoms with van der Waals surface area (Å²) in [6.07, 6.45) is 0.505. The number of nitrogens with zero attached hydrogens (tertiary/aromatic N) is 3. The molecule has 0 amide bonds. The van der Waals surface area contributed by atoms with Crippen LogP contribution in [0.15, 0.2) is 93.0 Å². The number of nitrogens with one attached hydrogen (secondary N) is 1. The average Bonchev–Trinajstić information content (AvgIpc) is 3.36. The summed E-state index contributed by atoms with van der Waals surface area (Å²) in [5.41, 5.74) is 5.79. The molecule has 3 aromatic carbocycles. The van der Waals surface area contributed by atoms with E-state index in [0.717, 1.165) is 27.8 Å². The zero-order valence-corrected chi connectivity index (χ0v) is 23.6. The van der Waals surface area contributed by atoms with E-state index in [1.807, 2.05) is 92.7 Å². The van der Waals surface area contributed by atoms with Gasteiger partial charge in [-0.25, -0.2) is 9.78 Å². The van der Waals surface area contributed by atoms with E-state index >= 15 is 0 Å². The fourth-order valence-corrected chi connectivity index (χ4v) is 4.32. The predicted molar refractivity (Wildman–Crippen MR) is 147 cm³/mol. The van der Waals surface area contributed by atoms with E-state index in [-0.39, 0.29) is 35.1 Å². The Labute approximate surface area is 241 Å². The molecule has 2 aromatic heterocycles. The van der Waals surface area contributed by atoms with Crippen LogP contribution < -0.4 is 16.1 Å². The van der Waals surface area contributed by atoms with Gasteiger partial charge in [0.1, 0.15) is 0 Å². The van der Waals surface area contributed by atoms with Gasteiger partial charge in [-0.1, -0.05) is 84.0 Å². The van der Waals surface area contributed by atoms with Crippen LogP contribution in [0.5, 0.6) is 6.01 Å². The molecular formula is C29H26N4NaO4. The first-order chi connectivity index (χ1) is 18.0. The van der Waals surface area contributed by atoms with Gasteiger partial charge in [-0.2, -0.15) is 0 Å². The Bertz CT molecular complexity index is 1640. The molecule has 0 fully saturated rings. The molecule has 1 radical (unpaired) electrons. The summed E-state index contributed by atoms with van der Waals surface area (Å²) in [7, 11) is 0. The van der Waals surface area contributed by atoms with Gasteiger partial charge in [0.15, 0.2) is 5.82 Å². The third kappa shape index (κ3) is 5.88. The summed E-state index contributed by atoms with van der Waals surface area (Å²) in [5.74, 6) is -0.233. The van der Waals surface area contributed by atoms with Crippen molar-refractivity contribution in [2.75, 3.05) is 6.61 Å². The summed E-state index contributed by atoms with van der Waals surface area (Å²) in [4.78, 5) is 32.3. The van der Waals surface area contributed by atoms with Crippen LogP contribution in [0.25, 0.3) is 22.5 Å². The molecule has 0 aliphatic carbocycles. The second kappa shape index (κ2) is 12.2. The summed E-state index contributed by atoms with van der Waals surface area (Å²) >= 11 is 0. The normalized spacial score (nSPS) is 10.7. The molecular weight excluding hydrogens is 491 g/mol. The van der Waals surface area contributed by atoms with Crippen LogP contribution in [-0.4, -0.2) is 55.9 Å². The van der Waals surface area contributed by atoms with E-state index < -0.39 is 5.76 Å². The maximum absolute atomic E-state index is 13.6. The first-order valence-corrected chi connectivity index (χ1v) is 12.0. The number of hydrogen-bond acceptors (Lipinski definition) is 6.